The third kappa shape index (κ3) is 3.79. The molecule has 0 aromatic rings. The normalized spacial score (nSPS) is 37.7. The molecule has 0 aromatic heterocycles. The summed E-state index contributed by atoms with van der Waals surface area (Å²) in [5, 5.41) is 3.88. The van der Waals surface area contributed by atoms with Gasteiger partial charge in [-0.3, -0.25) is 0 Å². The van der Waals surface area contributed by atoms with Gasteiger partial charge in [-0.1, -0.05) is 20.3 Å². The summed E-state index contributed by atoms with van der Waals surface area (Å²) in [5.74, 6) is 5.31. The van der Waals surface area contributed by atoms with E-state index in [4.69, 9.17) is 4.74 Å². The molecular weight excluding hydrogens is 278 g/mol. The predicted molar refractivity (Wildman–Crippen MR) is 91.9 cm³/mol. The first-order valence-corrected chi connectivity index (χ1v) is 10.3. The second kappa shape index (κ2) is 7.23. The molecule has 2 nitrogen and oxygen atoms in total. The standard InChI is InChI=1S/C18H33NOS/c1-3-19-17(15-5-4-14(2)12-15)16-6-9-20-18(13-16)7-10-21-11-8-18/h14-17,19H,3-13H2,1-2H3. The van der Waals surface area contributed by atoms with Crippen molar-refractivity contribution in [1.29, 1.82) is 0 Å². The van der Waals surface area contributed by atoms with Crippen LogP contribution in [0.1, 0.15) is 58.8 Å². The highest BCUT2D eigenvalue weighted by molar-refractivity contribution is 7.99. The molecule has 0 bridgehead atoms. The van der Waals surface area contributed by atoms with E-state index in [0.29, 0.717) is 0 Å². The van der Waals surface area contributed by atoms with Gasteiger partial charge >= 0.3 is 0 Å². The summed E-state index contributed by atoms with van der Waals surface area (Å²) >= 11 is 2.11. The molecule has 1 saturated carbocycles. The molecule has 0 aromatic carbocycles. The van der Waals surface area contributed by atoms with Crippen molar-refractivity contribution in [2.75, 3.05) is 24.7 Å². The molecule has 4 unspecified atom stereocenters. The lowest BCUT2D eigenvalue weighted by Gasteiger charge is -2.46. The van der Waals surface area contributed by atoms with Crippen molar-refractivity contribution in [3.63, 3.8) is 0 Å². The SMILES string of the molecule is CCNC(C1CCC(C)C1)C1CCOC2(CCSCC2)C1. The van der Waals surface area contributed by atoms with E-state index < -0.39 is 0 Å². The fourth-order valence-corrected chi connectivity index (χ4v) is 6.23. The third-order valence-electron chi connectivity index (χ3n) is 6.13. The lowest BCUT2D eigenvalue weighted by atomic mass is 9.74. The average molecular weight is 312 g/mol. The summed E-state index contributed by atoms with van der Waals surface area (Å²) in [4.78, 5) is 0. The number of hydrogen-bond acceptors (Lipinski definition) is 3. The Balaban J connectivity index is 1.66. The molecular formula is C18H33NOS. The second-order valence-electron chi connectivity index (χ2n) is 7.66. The molecule has 2 saturated heterocycles. The zero-order chi connectivity index (χ0) is 14.7. The van der Waals surface area contributed by atoms with Crippen LogP contribution in [0.2, 0.25) is 0 Å². The van der Waals surface area contributed by atoms with Gasteiger partial charge in [0.25, 0.3) is 0 Å². The molecule has 1 spiro atoms. The first-order chi connectivity index (χ1) is 10.2. The maximum absolute atomic E-state index is 6.31. The molecule has 2 heterocycles. The number of thioether (sulfide) groups is 1. The molecule has 3 rings (SSSR count). The Morgan fingerprint density at radius 3 is 2.67 bits per heavy atom. The molecule has 4 atom stereocenters. The minimum atomic E-state index is 0.242. The van der Waals surface area contributed by atoms with Crippen LogP contribution in [0.25, 0.3) is 0 Å². The molecule has 122 valence electrons. The van der Waals surface area contributed by atoms with Crippen LogP contribution in [-0.4, -0.2) is 36.3 Å². The van der Waals surface area contributed by atoms with E-state index in [2.05, 4.69) is 30.9 Å². The van der Waals surface area contributed by atoms with E-state index >= 15 is 0 Å². The van der Waals surface area contributed by atoms with Gasteiger partial charge in [-0.05, 0) is 74.3 Å². The van der Waals surface area contributed by atoms with Gasteiger partial charge in [-0.2, -0.15) is 11.8 Å². The Morgan fingerprint density at radius 2 is 2.00 bits per heavy atom. The van der Waals surface area contributed by atoms with Crippen molar-refractivity contribution in [2.45, 2.75) is 70.4 Å². The molecule has 2 aliphatic heterocycles. The second-order valence-corrected chi connectivity index (χ2v) is 8.88. The van der Waals surface area contributed by atoms with Gasteiger partial charge in [-0.15, -0.1) is 0 Å². The fourth-order valence-electron chi connectivity index (χ4n) is 5.00. The van der Waals surface area contributed by atoms with E-state index in [0.717, 1.165) is 36.9 Å². The quantitative estimate of drug-likeness (QED) is 0.845. The summed E-state index contributed by atoms with van der Waals surface area (Å²) < 4.78 is 6.31. The van der Waals surface area contributed by atoms with Crippen molar-refractivity contribution in [2.24, 2.45) is 17.8 Å². The lowest BCUT2D eigenvalue weighted by molar-refractivity contribution is -0.110. The average Bonchev–Trinajstić information content (AvgIpc) is 2.92. The van der Waals surface area contributed by atoms with Crippen molar-refractivity contribution >= 4 is 11.8 Å². The van der Waals surface area contributed by atoms with Crippen LogP contribution in [-0.2, 0) is 4.74 Å². The minimum Gasteiger partial charge on any atom is -0.375 e. The maximum Gasteiger partial charge on any atom is 0.0701 e. The van der Waals surface area contributed by atoms with Crippen LogP contribution in [0.4, 0.5) is 0 Å². The zero-order valence-electron chi connectivity index (χ0n) is 13.9. The molecule has 21 heavy (non-hydrogen) atoms. The topological polar surface area (TPSA) is 21.3 Å². The van der Waals surface area contributed by atoms with Crippen molar-refractivity contribution in [1.82, 2.24) is 5.32 Å². The van der Waals surface area contributed by atoms with E-state index in [1.165, 1.54) is 56.5 Å². The Kier molecular flexibility index (Phi) is 5.55. The van der Waals surface area contributed by atoms with Crippen molar-refractivity contribution < 1.29 is 4.74 Å². The van der Waals surface area contributed by atoms with Crippen LogP contribution in [0.3, 0.4) is 0 Å². The Hall–Kier alpha value is 0.270. The summed E-state index contributed by atoms with van der Waals surface area (Å²) in [6.45, 7) is 6.83. The summed E-state index contributed by atoms with van der Waals surface area (Å²) in [5.41, 5.74) is 0.242. The fraction of sp³-hybridized carbons (Fsp3) is 1.00. The van der Waals surface area contributed by atoms with Gasteiger partial charge in [0.1, 0.15) is 0 Å². The Bertz CT molecular complexity index is 324. The van der Waals surface area contributed by atoms with Gasteiger partial charge in [-0.25, -0.2) is 0 Å². The molecule has 3 aliphatic rings. The molecule has 0 radical (unpaired) electrons. The van der Waals surface area contributed by atoms with Gasteiger partial charge < -0.3 is 10.1 Å². The summed E-state index contributed by atoms with van der Waals surface area (Å²) in [6, 6.07) is 0.746. The molecule has 1 N–H and O–H groups in total. The third-order valence-corrected chi connectivity index (χ3v) is 7.11. The minimum absolute atomic E-state index is 0.242. The molecule has 3 fully saturated rings. The lowest BCUT2D eigenvalue weighted by Crippen LogP contribution is -2.50. The van der Waals surface area contributed by atoms with Crippen LogP contribution < -0.4 is 5.32 Å². The van der Waals surface area contributed by atoms with Crippen LogP contribution in [0, 0.1) is 17.8 Å². The highest BCUT2D eigenvalue weighted by atomic mass is 32.2. The highest BCUT2D eigenvalue weighted by Crippen LogP contribution is 2.44. The number of hydrogen-bond donors (Lipinski definition) is 1. The Labute approximate surface area is 135 Å². The van der Waals surface area contributed by atoms with E-state index in [-0.39, 0.29) is 5.60 Å². The monoisotopic (exact) mass is 311 g/mol. The Morgan fingerprint density at radius 1 is 1.19 bits per heavy atom. The number of rotatable bonds is 4. The van der Waals surface area contributed by atoms with Gasteiger partial charge in [0.05, 0.1) is 5.60 Å². The van der Waals surface area contributed by atoms with E-state index in [1.807, 2.05) is 0 Å². The zero-order valence-corrected chi connectivity index (χ0v) is 14.7. The van der Waals surface area contributed by atoms with Crippen LogP contribution >= 0.6 is 11.8 Å². The van der Waals surface area contributed by atoms with Crippen molar-refractivity contribution in [3.8, 4) is 0 Å². The predicted octanol–water partition coefficient (Wildman–Crippen LogP) is 4.09. The van der Waals surface area contributed by atoms with E-state index in [9.17, 15) is 0 Å². The number of nitrogens with one attached hydrogen (secondary N) is 1. The van der Waals surface area contributed by atoms with Gasteiger partial charge in [0, 0.05) is 12.6 Å². The maximum atomic E-state index is 6.31. The number of ether oxygens (including phenoxy) is 1. The van der Waals surface area contributed by atoms with Crippen molar-refractivity contribution in [3.05, 3.63) is 0 Å². The smallest absolute Gasteiger partial charge is 0.0701 e. The van der Waals surface area contributed by atoms with E-state index in [1.54, 1.807) is 0 Å². The summed E-state index contributed by atoms with van der Waals surface area (Å²) in [7, 11) is 0. The molecule has 1 aliphatic carbocycles. The molecule has 0 amide bonds. The van der Waals surface area contributed by atoms with Gasteiger partial charge in [0.15, 0.2) is 0 Å². The first kappa shape index (κ1) is 16.1. The molecule has 3 heteroatoms. The van der Waals surface area contributed by atoms with Gasteiger partial charge in [0.2, 0.25) is 0 Å². The largest absolute Gasteiger partial charge is 0.375 e. The highest BCUT2D eigenvalue weighted by Gasteiger charge is 2.43. The van der Waals surface area contributed by atoms with Crippen LogP contribution in [0.5, 0.6) is 0 Å². The first-order valence-electron chi connectivity index (χ1n) is 9.17. The van der Waals surface area contributed by atoms with Crippen LogP contribution in [0.15, 0.2) is 0 Å². The summed E-state index contributed by atoms with van der Waals surface area (Å²) in [6.07, 6.45) is 9.49.